The number of aryl methyl sites for hydroxylation is 1. The molecule has 1 aromatic carbocycles. The van der Waals surface area contributed by atoms with Gasteiger partial charge in [0.1, 0.15) is 0 Å². The SMILES string of the molecule is COc1cc(-c2nnc(SCC(=O)c3cc(C)n(C[C@@H]4CCCO4)c3C)o2)cc(OC)c1OC. The van der Waals surface area contributed by atoms with E-state index in [4.69, 9.17) is 23.4 Å². The van der Waals surface area contributed by atoms with E-state index >= 15 is 0 Å². The van der Waals surface area contributed by atoms with Crippen LogP contribution in [0.5, 0.6) is 17.2 Å². The highest BCUT2D eigenvalue weighted by Gasteiger charge is 2.22. The highest BCUT2D eigenvalue weighted by atomic mass is 32.2. The molecule has 1 saturated heterocycles. The van der Waals surface area contributed by atoms with Crippen LogP contribution in [0.4, 0.5) is 0 Å². The van der Waals surface area contributed by atoms with Crippen LogP contribution in [-0.4, -0.2) is 60.3 Å². The summed E-state index contributed by atoms with van der Waals surface area (Å²) >= 11 is 1.21. The molecule has 1 fully saturated rings. The summed E-state index contributed by atoms with van der Waals surface area (Å²) in [6, 6.07) is 5.41. The van der Waals surface area contributed by atoms with Gasteiger partial charge in [-0.2, -0.15) is 0 Å². The molecule has 0 bridgehead atoms. The van der Waals surface area contributed by atoms with Crippen LogP contribution in [0.2, 0.25) is 0 Å². The first-order chi connectivity index (χ1) is 16.4. The Hall–Kier alpha value is -2.98. The third-order valence-electron chi connectivity index (χ3n) is 5.93. The summed E-state index contributed by atoms with van der Waals surface area (Å²) in [5.41, 5.74) is 3.36. The van der Waals surface area contributed by atoms with Gasteiger partial charge in [0.2, 0.25) is 11.6 Å². The molecule has 1 atom stereocenters. The molecule has 34 heavy (non-hydrogen) atoms. The van der Waals surface area contributed by atoms with Gasteiger partial charge in [0.05, 0.1) is 33.2 Å². The number of rotatable bonds is 10. The summed E-state index contributed by atoms with van der Waals surface area (Å²) in [5.74, 6) is 1.95. The summed E-state index contributed by atoms with van der Waals surface area (Å²) in [4.78, 5) is 13.0. The molecule has 3 heterocycles. The number of ketones is 1. The summed E-state index contributed by atoms with van der Waals surface area (Å²) in [5, 5.41) is 8.51. The van der Waals surface area contributed by atoms with Crippen LogP contribution >= 0.6 is 11.8 Å². The first kappa shape index (κ1) is 24.2. The number of benzene rings is 1. The molecule has 9 nitrogen and oxygen atoms in total. The van der Waals surface area contributed by atoms with Gasteiger partial charge < -0.3 is 27.9 Å². The van der Waals surface area contributed by atoms with Gasteiger partial charge in [-0.15, -0.1) is 10.2 Å². The van der Waals surface area contributed by atoms with E-state index < -0.39 is 0 Å². The molecule has 4 rings (SSSR count). The normalized spacial score (nSPS) is 15.5. The van der Waals surface area contributed by atoms with Crippen LogP contribution in [0.25, 0.3) is 11.5 Å². The minimum absolute atomic E-state index is 0.0178. The van der Waals surface area contributed by atoms with Crippen molar-refractivity contribution in [1.82, 2.24) is 14.8 Å². The fourth-order valence-electron chi connectivity index (χ4n) is 4.15. The molecule has 0 amide bonds. The van der Waals surface area contributed by atoms with Crippen molar-refractivity contribution in [2.75, 3.05) is 33.7 Å². The second kappa shape index (κ2) is 10.5. The van der Waals surface area contributed by atoms with Crippen molar-refractivity contribution < 1.29 is 28.2 Å². The lowest BCUT2D eigenvalue weighted by Crippen LogP contribution is -2.17. The van der Waals surface area contributed by atoms with Crippen LogP contribution in [0.3, 0.4) is 0 Å². The highest BCUT2D eigenvalue weighted by Crippen LogP contribution is 2.41. The molecule has 0 unspecified atom stereocenters. The average molecular weight is 488 g/mol. The molecule has 182 valence electrons. The van der Waals surface area contributed by atoms with Crippen LogP contribution in [-0.2, 0) is 11.3 Å². The number of thioether (sulfide) groups is 1. The Morgan fingerprint density at radius 3 is 2.47 bits per heavy atom. The monoisotopic (exact) mass is 487 g/mol. The van der Waals surface area contributed by atoms with Crippen molar-refractivity contribution in [1.29, 1.82) is 0 Å². The van der Waals surface area contributed by atoms with Crippen LogP contribution in [0, 0.1) is 13.8 Å². The maximum Gasteiger partial charge on any atom is 0.277 e. The number of Topliss-reactive ketones (excluding diaryl/α,β-unsaturated/α-hetero) is 1. The van der Waals surface area contributed by atoms with E-state index in [9.17, 15) is 4.79 Å². The van der Waals surface area contributed by atoms with E-state index in [2.05, 4.69) is 14.8 Å². The number of carbonyl (C=O) groups excluding carboxylic acids is 1. The van der Waals surface area contributed by atoms with Crippen LogP contribution < -0.4 is 14.2 Å². The Balaban J connectivity index is 1.45. The Bertz CT molecular complexity index is 1140. The van der Waals surface area contributed by atoms with Crippen molar-refractivity contribution in [3.05, 3.63) is 35.2 Å². The number of hydrogen-bond donors (Lipinski definition) is 0. The van der Waals surface area contributed by atoms with Crippen molar-refractivity contribution in [3.8, 4) is 28.7 Å². The van der Waals surface area contributed by atoms with Crippen molar-refractivity contribution >= 4 is 17.5 Å². The van der Waals surface area contributed by atoms with Gasteiger partial charge in [-0.3, -0.25) is 4.79 Å². The standard InChI is InChI=1S/C24H29N3O6S/c1-14-9-18(15(2)27(14)12-17-7-6-8-32-17)19(28)13-34-24-26-25-23(33-24)16-10-20(29-3)22(31-5)21(11-16)30-4/h9-11,17H,6-8,12-13H2,1-5H3/t17-/m0/s1. The lowest BCUT2D eigenvalue weighted by atomic mass is 10.2. The number of hydrogen-bond acceptors (Lipinski definition) is 9. The minimum atomic E-state index is 0.0178. The second-order valence-corrected chi connectivity index (χ2v) is 8.96. The summed E-state index contributed by atoms with van der Waals surface area (Å²) in [6.07, 6.45) is 2.37. The fraction of sp³-hybridized carbons (Fsp3) is 0.458. The van der Waals surface area contributed by atoms with E-state index in [1.807, 2.05) is 19.9 Å². The molecule has 0 spiro atoms. The van der Waals surface area contributed by atoms with Gasteiger partial charge in [0.15, 0.2) is 17.3 Å². The van der Waals surface area contributed by atoms with Gasteiger partial charge in [0, 0.05) is 35.7 Å². The highest BCUT2D eigenvalue weighted by molar-refractivity contribution is 7.99. The van der Waals surface area contributed by atoms with E-state index in [1.54, 1.807) is 33.5 Å². The maximum atomic E-state index is 13.0. The number of nitrogens with zero attached hydrogens (tertiary/aromatic N) is 3. The average Bonchev–Trinajstić information content (AvgIpc) is 3.59. The van der Waals surface area contributed by atoms with Gasteiger partial charge in [0.25, 0.3) is 5.22 Å². The van der Waals surface area contributed by atoms with E-state index in [0.717, 1.165) is 37.4 Å². The van der Waals surface area contributed by atoms with Crippen molar-refractivity contribution in [3.63, 3.8) is 0 Å². The molecule has 2 aromatic heterocycles. The van der Waals surface area contributed by atoms with E-state index in [-0.39, 0.29) is 17.6 Å². The number of aromatic nitrogens is 3. The van der Waals surface area contributed by atoms with Gasteiger partial charge in [-0.25, -0.2) is 0 Å². The Morgan fingerprint density at radius 1 is 1.12 bits per heavy atom. The van der Waals surface area contributed by atoms with E-state index in [0.29, 0.717) is 39.5 Å². The van der Waals surface area contributed by atoms with E-state index in [1.165, 1.54) is 11.8 Å². The topological polar surface area (TPSA) is 97.8 Å². The molecule has 3 aromatic rings. The molecule has 0 saturated carbocycles. The smallest absolute Gasteiger partial charge is 0.277 e. The molecule has 10 heteroatoms. The van der Waals surface area contributed by atoms with Crippen molar-refractivity contribution in [2.24, 2.45) is 0 Å². The molecular formula is C24H29N3O6S. The minimum Gasteiger partial charge on any atom is -0.493 e. The largest absolute Gasteiger partial charge is 0.493 e. The molecule has 1 aliphatic heterocycles. The Morgan fingerprint density at radius 2 is 1.85 bits per heavy atom. The number of methoxy groups -OCH3 is 3. The first-order valence-corrected chi connectivity index (χ1v) is 12.0. The van der Waals surface area contributed by atoms with Gasteiger partial charge in [-0.05, 0) is 44.9 Å². The quantitative estimate of drug-likeness (QED) is 0.306. The Kier molecular flexibility index (Phi) is 7.47. The maximum absolute atomic E-state index is 13.0. The van der Waals surface area contributed by atoms with Gasteiger partial charge >= 0.3 is 0 Å². The third kappa shape index (κ3) is 4.92. The zero-order valence-electron chi connectivity index (χ0n) is 20.0. The predicted octanol–water partition coefficient (Wildman–Crippen LogP) is 4.33. The Labute approximate surface area is 202 Å². The summed E-state index contributed by atoms with van der Waals surface area (Å²) < 4.78 is 29.8. The zero-order valence-corrected chi connectivity index (χ0v) is 20.9. The zero-order chi connectivity index (χ0) is 24.2. The number of carbonyl (C=O) groups is 1. The van der Waals surface area contributed by atoms with Gasteiger partial charge in [-0.1, -0.05) is 11.8 Å². The molecule has 1 aliphatic rings. The molecule has 0 aliphatic carbocycles. The summed E-state index contributed by atoms with van der Waals surface area (Å²) in [6.45, 7) is 5.59. The lowest BCUT2D eigenvalue weighted by molar-refractivity contribution is 0.0957. The lowest BCUT2D eigenvalue weighted by Gasteiger charge is -2.14. The van der Waals surface area contributed by atoms with Crippen LogP contribution in [0.15, 0.2) is 27.8 Å². The number of ether oxygens (including phenoxy) is 4. The fourth-order valence-corrected chi connectivity index (χ4v) is 4.80. The molecule has 0 N–H and O–H groups in total. The predicted molar refractivity (Wildman–Crippen MR) is 127 cm³/mol. The van der Waals surface area contributed by atoms with Crippen molar-refractivity contribution in [2.45, 2.75) is 44.6 Å². The molecule has 0 radical (unpaired) electrons. The molecular weight excluding hydrogens is 458 g/mol. The first-order valence-electron chi connectivity index (χ1n) is 11.0. The second-order valence-electron chi connectivity index (χ2n) is 8.03. The summed E-state index contributed by atoms with van der Waals surface area (Å²) in [7, 11) is 4.62. The van der Waals surface area contributed by atoms with Crippen LogP contribution in [0.1, 0.15) is 34.6 Å². The third-order valence-corrected chi connectivity index (χ3v) is 6.75.